The van der Waals surface area contributed by atoms with Crippen molar-refractivity contribution in [2.75, 3.05) is 6.79 Å². The van der Waals surface area contributed by atoms with E-state index in [4.69, 9.17) is 26.1 Å². The van der Waals surface area contributed by atoms with E-state index in [2.05, 4.69) is 9.97 Å². The van der Waals surface area contributed by atoms with Crippen LogP contribution in [0.4, 0.5) is 0 Å². The van der Waals surface area contributed by atoms with Gasteiger partial charge in [-0.15, -0.1) is 0 Å². The van der Waals surface area contributed by atoms with Crippen LogP contribution in [0.5, 0.6) is 11.5 Å². The molecule has 0 fully saturated rings. The van der Waals surface area contributed by atoms with Gasteiger partial charge in [0.15, 0.2) is 11.5 Å². The molecule has 0 amide bonds. The van der Waals surface area contributed by atoms with Crippen molar-refractivity contribution in [1.29, 1.82) is 0 Å². The van der Waals surface area contributed by atoms with Crippen molar-refractivity contribution in [2.24, 2.45) is 0 Å². The van der Waals surface area contributed by atoms with Crippen LogP contribution in [0, 0.1) is 0 Å². The average Bonchev–Trinajstić information content (AvgIpc) is 3.41. The maximum Gasteiger partial charge on any atom is 0.252 e. The molecule has 0 saturated heterocycles. The molecular weight excluding hydrogens is 390 g/mol. The van der Waals surface area contributed by atoms with Gasteiger partial charge in [0.1, 0.15) is 5.82 Å². The molecule has 0 atom stereocenters. The number of benzene rings is 2. The molecule has 7 heteroatoms. The van der Waals surface area contributed by atoms with Gasteiger partial charge in [0.25, 0.3) is 5.24 Å². The van der Waals surface area contributed by atoms with E-state index in [9.17, 15) is 4.79 Å². The van der Waals surface area contributed by atoms with Gasteiger partial charge in [-0.3, -0.25) is 9.78 Å². The number of pyridine rings is 1. The zero-order valence-electron chi connectivity index (χ0n) is 15.1. The van der Waals surface area contributed by atoms with Gasteiger partial charge in [-0.05, 0) is 54.1 Å². The lowest BCUT2D eigenvalue weighted by atomic mass is 10.1. The van der Waals surface area contributed by atoms with Crippen LogP contribution in [0.1, 0.15) is 10.4 Å². The topological polar surface area (TPSA) is 77.1 Å². The zero-order valence-corrected chi connectivity index (χ0v) is 15.8. The van der Waals surface area contributed by atoms with Crippen molar-refractivity contribution >= 4 is 16.8 Å². The Morgan fingerprint density at radius 3 is 2.52 bits per heavy atom. The fourth-order valence-corrected chi connectivity index (χ4v) is 3.34. The highest BCUT2D eigenvalue weighted by atomic mass is 35.5. The lowest BCUT2D eigenvalue weighted by molar-refractivity contribution is 0.108. The van der Waals surface area contributed by atoms with Crippen molar-refractivity contribution in [3.8, 4) is 45.5 Å². The zero-order chi connectivity index (χ0) is 19.8. The van der Waals surface area contributed by atoms with Crippen LogP contribution in [0.2, 0.25) is 0 Å². The molecule has 3 heterocycles. The van der Waals surface area contributed by atoms with Gasteiger partial charge >= 0.3 is 0 Å². The smallest absolute Gasteiger partial charge is 0.252 e. The van der Waals surface area contributed by atoms with Crippen LogP contribution in [0.15, 0.2) is 66.9 Å². The monoisotopic (exact) mass is 403 g/mol. The van der Waals surface area contributed by atoms with E-state index in [-0.39, 0.29) is 6.79 Å². The molecule has 6 nitrogen and oxygen atoms in total. The van der Waals surface area contributed by atoms with Crippen LogP contribution < -0.4 is 9.47 Å². The third-order valence-corrected chi connectivity index (χ3v) is 4.87. The van der Waals surface area contributed by atoms with Crippen LogP contribution in [0.25, 0.3) is 34.0 Å². The number of imidazole rings is 1. The van der Waals surface area contributed by atoms with Crippen molar-refractivity contribution in [3.63, 3.8) is 0 Å². The lowest BCUT2D eigenvalue weighted by Gasteiger charge is -2.03. The van der Waals surface area contributed by atoms with E-state index in [0.717, 1.165) is 28.2 Å². The Hall–Kier alpha value is -3.64. The third kappa shape index (κ3) is 3.23. The Balaban J connectivity index is 1.64. The number of rotatable bonds is 4. The maximum atomic E-state index is 11.3. The number of H-pyrrole nitrogens is 1. The van der Waals surface area contributed by atoms with Gasteiger partial charge in [-0.1, -0.05) is 18.2 Å². The molecule has 1 N–H and O–H groups in total. The summed E-state index contributed by atoms with van der Waals surface area (Å²) in [6, 6.07) is 18.4. The molecule has 0 bridgehead atoms. The van der Waals surface area contributed by atoms with E-state index in [1.54, 1.807) is 30.5 Å². The minimum Gasteiger partial charge on any atom is -0.454 e. The molecule has 0 radical (unpaired) electrons. The van der Waals surface area contributed by atoms with Gasteiger partial charge in [-0.2, -0.15) is 0 Å². The quantitative estimate of drug-likeness (QED) is 0.490. The number of nitrogens with one attached hydrogen (secondary N) is 1. The van der Waals surface area contributed by atoms with Crippen LogP contribution in [-0.2, 0) is 0 Å². The van der Waals surface area contributed by atoms with Crippen molar-refractivity contribution in [3.05, 3.63) is 72.4 Å². The van der Waals surface area contributed by atoms with E-state index >= 15 is 0 Å². The SMILES string of the molecule is O=C(Cl)c1ccc(-c2nc(-c3ccc4c(c3)OCO4)c(-c3ccccn3)[nH]2)cc1. The summed E-state index contributed by atoms with van der Waals surface area (Å²) in [5.41, 5.74) is 4.45. The normalized spacial score (nSPS) is 12.2. The second-order valence-corrected chi connectivity index (χ2v) is 6.79. The van der Waals surface area contributed by atoms with Crippen LogP contribution in [-0.4, -0.2) is 27.0 Å². The predicted octanol–water partition coefficient (Wildman–Crippen LogP) is 4.91. The molecule has 0 saturated carbocycles. The number of nitrogens with zero attached hydrogens (tertiary/aromatic N) is 2. The summed E-state index contributed by atoms with van der Waals surface area (Å²) in [6.07, 6.45) is 1.74. The minimum absolute atomic E-state index is 0.212. The van der Waals surface area contributed by atoms with Gasteiger partial charge in [0.05, 0.1) is 17.1 Å². The Morgan fingerprint density at radius 1 is 0.966 bits per heavy atom. The second-order valence-electron chi connectivity index (χ2n) is 6.44. The number of halogens is 1. The molecular formula is C22H14ClN3O3. The first-order chi connectivity index (χ1) is 14.2. The molecule has 2 aromatic heterocycles. The summed E-state index contributed by atoms with van der Waals surface area (Å²) in [7, 11) is 0. The number of ether oxygens (including phenoxy) is 2. The van der Waals surface area contributed by atoms with E-state index in [1.807, 2.05) is 36.4 Å². The largest absolute Gasteiger partial charge is 0.454 e. The highest BCUT2D eigenvalue weighted by Gasteiger charge is 2.20. The van der Waals surface area contributed by atoms with Crippen molar-refractivity contribution in [2.45, 2.75) is 0 Å². The first kappa shape index (κ1) is 17.5. The first-order valence-electron chi connectivity index (χ1n) is 8.91. The van der Waals surface area contributed by atoms with Gasteiger partial charge in [-0.25, -0.2) is 4.98 Å². The number of carbonyl (C=O) groups excluding carboxylic acids is 1. The molecule has 29 heavy (non-hydrogen) atoms. The summed E-state index contributed by atoms with van der Waals surface area (Å²) < 4.78 is 10.9. The van der Waals surface area contributed by atoms with E-state index < -0.39 is 5.24 Å². The van der Waals surface area contributed by atoms with Gasteiger partial charge < -0.3 is 14.5 Å². The molecule has 0 aliphatic carbocycles. The van der Waals surface area contributed by atoms with E-state index in [0.29, 0.717) is 22.9 Å². The maximum absolute atomic E-state index is 11.3. The number of hydrogen-bond acceptors (Lipinski definition) is 5. The van der Waals surface area contributed by atoms with Crippen LogP contribution >= 0.6 is 11.6 Å². The average molecular weight is 404 g/mol. The van der Waals surface area contributed by atoms with Gasteiger partial charge in [0.2, 0.25) is 6.79 Å². The molecule has 1 aliphatic heterocycles. The van der Waals surface area contributed by atoms with Crippen molar-refractivity contribution < 1.29 is 14.3 Å². The molecule has 0 spiro atoms. The third-order valence-electron chi connectivity index (χ3n) is 4.66. The summed E-state index contributed by atoms with van der Waals surface area (Å²) in [5.74, 6) is 2.06. The summed E-state index contributed by atoms with van der Waals surface area (Å²) in [5, 5.41) is -0.494. The number of carbonyl (C=O) groups is 1. The summed E-state index contributed by atoms with van der Waals surface area (Å²) >= 11 is 5.54. The molecule has 5 rings (SSSR count). The molecule has 1 aliphatic rings. The van der Waals surface area contributed by atoms with Gasteiger partial charge in [0, 0.05) is 22.9 Å². The Bertz CT molecular complexity index is 1200. The van der Waals surface area contributed by atoms with E-state index in [1.165, 1.54) is 0 Å². The Morgan fingerprint density at radius 2 is 1.76 bits per heavy atom. The fraction of sp³-hybridized carbons (Fsp3) is 0.0455. The molecule has 4 aromatic rings. The standard InChI is InChI=1S/C22H14ClN3O3/c23-21(27)13-4-6-14(7-5-13)22-25-19(20(26-22)16-3-1-2-10-24-16)15-8-9-17-18(11-15)29-12-28-17/h1-11H,12H2,(H,25,26). The highest BCUT2D eigenvalue weighted by Crippen LogP contribution is 2.38. The molecule has 142 valence electrons. The minimum atomic E-state index is -0.494. The lowest BCUT2D eigenvalue weighted by Crippen LogP contribution is -1.92. The molecule has 0 unspecified atom stereocenters. The highest BCUT2D eigenvalue weighted by molar-refractivity contribution is 6.67. The summed E-state index contributed by atoms with van der Waals surface area (Å²) in [4.78, 5) is 24.0. The number of aromatic amines is 1. The Labute approximate surface area is 171 Å². The first-order valence-corrected chi connectivity index (χ1v) is 9.28. The van der Waals surface area contributed by atoms with Crippen LogP contribution in [0.3, 0.4) is 0 Å². The number of hydrogen-bond donors (Lipinski definition) is 1. The summed E-state index contributed by atoms with van der Waals surface area (Å²) in [6.45, 7) is 0.212. The predicted molar refractivity (Wildman–Crippen MR) is 109 cm³/mol. The molecule has 2 aromatic carbocycles. The Kier molecular flexibility index (Phi) is 4.26. The fourth-order valence-electron chi connectivity index (χ4n) is 3.22. The van der Waals surface area contributed by atoms with Crippen molar-refractivity contribution in [1.82, 2.24) is 15.0 Å². The number of aromatic nitrogens is 3. The second kappa shape index (κ2) is 7.07. The number of fused-ring (bicyclic) bond motifs is 1.